The third kappa shape index (κ3) is 2.35. The Bertz CT molecular complexity index is 641. The number of aromatic nitrogens is 1. The van der Waals surface area contributed by atoms with Crippen LogP contribution in [0, 0.1) is 0 Å². The van der Waals surface area contributed by atoms with Gasteiger partial charge >= 0.3 is 119 Å². The van der Waals surface area contributed by atoms with Gasteiger partial charge in [0, 0.05) is 0 Å². The van der Waals surface area contributed by atoms with E-state index in [2.05, 4.69) is 33.0 Å². The molecule has 0 radical (unpaired) electrons. The average Bonchev–Trinajstić information content (AvgIpc) is 2.37. The molecular formula is C16H22N2Sn. The number of nitrogen functional groups attached to an aromatic ring is 1. The van der Waals surface area contributed by atoms with Gasteiger partial charge in [-0.2, -0.15) is 0 Å². The Balaban J connectivity index is 2.25. The molecular weight excluding hydrogens is 339 g/mol. The summed E-state index contributed by atoms with van der Waals surface area (Å²) >= 11 is -2.03. The first kappa shape index (κ1) is 13.2. The van der Waals surface area contributed by atoms with Crippen molar-refractivity contribution in [3.05, 3.63) is 29.5 Å². The molecule has 1 heterocycles. The van der Waals surface area contributed by atoms with E-state index in [0.717, 1.165) is 24.0 Å². The van der Waals surface area contributed by atoms with Gasteiger partial charge in [0.05, 0.1) is 0 Å². The van der Waals surface area contributed by atoms with Crippen molar-refractivity contribution in [2.75, 3.05) is 5.73 Å². The van der Waals surface area contributed by atoms with Crippen LogP contribution in [0.5, 0.6) is 0 Å². The second-order valence-electron chi connectivity index (χ2n) is 6.64. The van der Waals surface area contributed by atoms with Gasteiger partial charge in [-0.05, 0) is 0 Å². The molecule has 2 nitrogen and oxygen atoms in total. The predicted molar refractivity (Wildman–Crippen MR) is 85.8 cm³/mol. The fourth-order valence-corrected chi connectivity index (χ4v) is 6.24. The van der Waals surface area contributed by atoms with Gasteiger partial charge in [0.15, 0.2) is 0 Å². The van der Waals surface area contributed by atoms with Gasteiger partial charge < -0.3 is 0 Å². The minimum atomic E-state index is -2.03. The van der Waals surface area contributed by atoms with Gasteiger partial charge in [0.2, 0.25) is 0 Å². The molecule has 0 aliphatic heterocycles. The fourth-order valence-electron chi connectivity index (χ4n) is 2.93. The van der Waals surface area contributed by atoms with Crippen molar-refractivity contribution >= 4 is 38.5 Å². The van der Waals surface area contributed by atoms with Crippen molar-refractivity contribution in [1.82, 2.24) is 4.98 Å². The standard InChI is InChI=1S/C13H13N2.3CH3.Sn/c14-13-9-5-1-3-7-11(9)15-12-8-4-2-6-10(12)13;;;;/h4,6,8H,1,3,5,7H2,(H2,14,15);3*1H3;. The van der Waals surface area contributed by atoms with E-state index in [-0.39, 0.29) is 0 Å². The van der Waals surface area contributed by atoms with Crippen molar-refractivity contribution in [1.29, 1.82) is 0 Å². The van der Waals surface area contributed by atoms with Gasteiger partial charge in [-0.3, -0.25) is 0 Å². The van der Waals surface area contributed by atoms with Crippen LogP contribution < -0.4 is 9.31 Å². The molecule has 0 fully saturated rings. The molecule has 0 saturated carbocycles. The third-order valence-electron chi connectivity index (χ3n) is 4.17. The number of hydrogen-bond donors (Lipinski definition) is 1. The van der Waals surface area contributed by atoms with Gasteiger partial charge in [-0.1, -0.05) is 0 Å². The van der Waals surface area contributed by atoms with Crippen LogP contribution in [0.3, 0.4) is 0 Å². The summed E-state index contributed by atoms with van der Waals surface area (Å²) in [7, 11) is 0. The van der Waals surface area contributed by atoms with Crippen LogP contribution in [0.25, 0.3) is 10.9 Å². The number of rotatable bonds is 1. The molecule has 0 spiro atoms. The Labute approximate surface area is 119 Å². The summed E-state index contributed by atoms with van der Waals surface area (Å²) < 4.78 is 1.53. The second kappa shape index (κ2) is 4.65. The Kier molecular flexibility index (Phi) is 3.24. The summed E-state index contributed by atoms with van der Waals surface area (Å²) in [6.07, 6.45) is 4.70. The average molecular weight is 361 g/mol. The Morgan fingerprint density at radius 2 is 1.84 bits per heavy atom. The molecule has 1 aliphatic rings. The first-order valence-electron chi connectivity index (χ1n) is 7.18. The zero-order chi connectivity index (χ0) is 13.6. The van der Waals surface area contributed by atoms with Crippen molar-refractivity contribution in [3.63, 3.8) is 0 Å². The van der Waals surface area contributed by atoms with E-state index < -0.39 is 18.4 Å². The number of aryl methyl sites for hydroxylation is 1. The van der Waals surface area contributed by atoms with E-state index in [4.69, 9.17) is 10.7 Å². The monoisotopic (exact) mass is 362 g/mol. The number of hydrogen-bond acceptors (Lipinski definition) is 2. The zero-order valence-electron chi connectivity index (χ0n) is 12.1. The first-order valence-corrected chi connectivity index (χ1v) is 17.2. The predicted octanol–water partition coefficient (Wildman–Crippen LogP) is 3.24. The van der Waals surface area contributed by atoms with Crippen molar-refractivity contribution in [3.8, 4) is 0 Å². The molecule has 1 aliphatic carbocycles. The number of nitrogens with zero attached hydrogens (tertiary/aromatic N) is 1. The normalized spacial score (nSPS) is 15.5. The van der Waals surface area contributed by atoms with Crippen LogP contribution in [-0.4, -0.2) is 23.4 Å². The summed E-state index contributed by atoms with van der Waals surface area (Å²) in [6.45, 7) is 0. The number of nitrogens with two attached hydrogens (primary N) is 1. The van der Waals surface area contributed by atoms with Gasteiger partial charge in [0.1, 0.15) is 0 Å². The number of pyridine rings is 1. The number of fused-ring (bicyclic) bond motifs is 2. The minimum absolute atomic E-state index is 0.997. The molecule has 0 atom stereocenters. The number of anilines is 1. The molecule has 2 aromatic rings. The topological polar surface area (TPSA) is 38.9 Å². The van der Waals surface area contributed by atoms with E-state index in [1.165, 1.54) is 33.1 Å². The maximum atomic E-state index is 6.44. The van der Waals surface area contributed by atoms with Crippen LogP contribution in [0.15, 0.2) is 18.2 Å². The Hall–Kier alpha value is -0.771. The molecule has 0 unspecified atom stereocenters. The van der Waals surface area contributed by atoms with Crippen LogP contribution in [0.4, 0.5) is 5.69 Å². The van der Waals surface area contributed by atoms with E-state index in [9.17, 15) is 0 Å². The van der Waals surface area contributed by atoms with Crippen LogP contribution in [0.1, 0.15) is 24.1 Å². The molecule has 1 aromatic heterocycles. The Morgan fingerprint density at radius 1 is 1.11 bits per heavy atom. The summed E-state index contributed by atoms with van der Waals surface area (Å²) in [4.78, 5) is 12.2. The van der Waals surface area contributed by atoms with Crippen molar-refractivity contribution < 1.29 is 0 Å². The van der Waals surface area contributed by atoms with Crippen molar-refractivity contribution in [2.24, 2.45) is 0 Å². The molecule has 3 heteroatoms. The molecule has 19 heavy (non-hydrogen) atoms. The van der Waals surface area contributed by atoms with E-state index >= 15 is 0 Å². The third-order valence-corrected chi connectivity index (χ3v) is 10.0. The molecule has 1 aromatic carbocycles. The van der Waals surface area contributed by atoms with Gasteiger partial charge in [-0.15, -0.1) is 0 Å². The van der Waals surface area contributed by atoms with E-state index in [1.54, 1.807) is 0 Å². The van der Waals surface area contributed by atoms with Gasteiger partial charge in [-0.25, -0.2) is 0 Å². The molecule has 100 valence electrons. The van der Waals surface area contributed by atoms with Crippen LogP contribution >= 0.6 is 0 Å². The van der Waals surface area contributed by atoms with Crippen molar-refractivity contribution in [2.45, 2.75) is 40.5 Å². The molecule has 3 rings (SSSR count). The molecule has 0 bridgehead atoms. The summed E-state index contributed by atoms with van der Waals surface area (Å²) in [5.74, 6) is 0. The zero-order valence-corrected chi connectivity index (χ0v) is 14.9. The second-order valence-corrected chi connectivity index (χ2v) is 21.1. The summed E-state index contributed by atoms with van der Waals surface area (Å²) in [6, 6.07) is 6.78. The first-order chi connectivity index (χ1) is 8.97. The van der Waals surface area contributed by atoms with Crippen LogP contribution in [0.2, 0.25) is 14.8 Å². The van der Waals surface area contributed by atoms with E-state index in [0.29, 0.717) is 0 Å². The summed E-state index contributed by atoms with van der Waals surface area (Å²) in [5, 5.41) is 1.18. The molecule has 0 saturated heterocycles. The molecule has 2 N–H and O–H groups in total. The number of benzene rings is 1. The SMILES string of the molecule is [CH3][Sn]([CH3])([CH3])[c]1ccc2nc3c(c(N)c2c1)CCCC3. The Morgan fingerprint density at radius 3 is 2.58 bits per heavy atom. The van der Waals surface area contributed by atoms with E-state index in [1.807, 2.05) is 0 Å². The fraction of sp³-hybridized carbons (Fsp3) is 0.438. The molecule has 0 amide bonds. The summed E-state index contributed by atoms with van der Waals surface area (Å²) in [5.41, 5.74) is 11.1. The maximum absolute atomic E-state index is 6.44. The van der Waals surface area contributed by atoms with Crippen LogP contribution in [-0.2, 0) is 12.8 Å². The quantitative estimate of drug-likeness (QED) is 0.793. The van der Waals surface area contributed by atoms with Gasteiger partial charge in [0.25, 0.3) is 0 Å².